The summed E-state index contributed by atoms with van der Waals surface area (Å²) in [4.78, 5) is 15.8. The molecule has 0 spiro atoms. The number of nitrogens with one attached hydrogen (secondary N) is 3. The molecule has 1 heterocycles. The third-order valence-electron chi connectivity index (χ3n) is 6.12. The number of fused-ring (bicyclic) bond motifs is 1. The van der Waals surface area contributed by atoms with Crippen LogP contribution in [0.5, 0.6) is 5.75 Å². The van der Waals surface area contributed by atoms with Crippen LogP contribution in [0.25, 0.3) is 10.8 Å². The first-order valence-corrected chi connectivity index (χ1v) is 10.9. The van der Waals surface area contributed by atoms with Crippen molar-refractivity contribution in [3.8, 4) is 5.75 Å². The largest absolute Gasteiger partial charge is 0.488 e. The van der Waals surface area contributed by atoms with E-state index in [-0.39, 0.29) is 11.9 Å². The van der Waals surface area contributed by atoms with Crippen LogP contribution in [0.2, 0.25) is 0 Å². The predicted octanol–water partition coefficient (Wildman–Crippen LogP) is 1.03. The number of hydrogen-bond donors (Lipinski definition) is 3. The molecule has 0 bridgehead atoms. The minimum Gasteiger partial charge on any atom is -0.488 e. The topological polar surface area (TPSA) is 47.2 Å². The molecule has 3 aromatic rings. The van der Waals surface area contributed by atoms with Crippen LogP contribution in [0, 0.1) is 0 Å². The number of carbonyl (C=O) groups is 1. The quantitative estimate of drug-likeness (QED) is 0.550. The van der Waals surface area contributed by atoms with Crippen molar-refractivity contribution in [1.29, 1.82) is 0 Å². The Morgan fingerprint density at radius 2 is 1.63 bits per heavy atom. The lowest BCUT2D eigenvalue weighted by molar-refractivity contribution is -1.02. The van der Waals surface area contributed by atoms with E-state index in [0.717, 1.165) is 61.5 Å². The van der Waals surface area contributed by atoms with Gasteiger partial charge in [-0.3, -0.25) is 4.79 Å². The van der Waals surface area contributed by atoms with Gasteiger partial charge in [0.1, 0.15) is 45.1 Å². The van der Waals surface area contributed by atoms with E-state index in [1.54, 1.807) is 4.90 Å². The number of benzene rings is 3. The number of para-hydroxylation sites is 1. The Morgan fingerprint density at radius 3 is 2.43 bits per heavy atom. The number of quaternary nitrogens is 2. The standard InChI is InChI=1S/C25H29N3O2/c1-20(25(29)26-24-13-7-9-21-8-5-6-12-23(21)24)28-16-14-27(15-17-28)18-19-30-22-10-3-2-4-11-22/h2-13,20H,14-19H2,1H3,(H,26,29)/p+2/t20-/m0/s1. The van der Waals surface area contributed by atoms with Gasteiger partial charge in [0.25, 0.3) is 5.91 Å². The van der Waals surface area contributed by atoms with Gasteiger partial charge in [0.15, 0.2) is 6.04 Å². The van der Waals surface area contributed by atoms with Gasteiger partial charge >= 0.3 is 0 Å². The lowest BCUT2D eigenvalue weighted by Crippen LogP contribution is -3.30. The number of piperazine rings is 1. The summed E-state index contributed by atoms with van der Waals surface area (Å²) in [6.45, 7) is 7.91. The van der Waals surface area contributed by atoms with Crippen molar-refractivity contribution in [2.24, 2.45) is 0 Å². The van der Waals surface area contributed by atoms with Crippen molar-refractivity contribution < 1.29 is 19.3 Å². The number of hydrogen-bond acceptors (Lipinski definition) is 2. The Hall–Kier alpha value is -2.89. The highest BCUT2D eigenvalue weighted by atomic mass is 16.5. The third kappa shape index (κ3) is 4.99. The Balaban J connectivity index is 1.25. The van der Waals surface area contributed by atoms with Gasteiger partial charge in [0.05, 0.1) is 0 Å². The fraction of sp³-hybridized carbons (Fsp3) is 0.320. The van der Waals surface area contributed by atoms with Gasteiger partial charge in [-0.2, -0.15) is 0 Å². The summed E-state index contributed by atoms with van der Waals surface area (Å²) in [5.41, 5.74) is 0.895. The summed E-state index contributed by atoms with van der Waals surface area (Å²) in [5.74, 6) is 1.03. The third-order valence-corrected chi connectivity index (χ3v) is 6.12. The zero-order chi connectivity index (χ0) is 20.8. The molecule has 3 aromatic carbocycles. The SMILES string of the molecule is C[C@@H](C(=O)Nc1cccc2ccccc12)[NH+]1CC[NH+](CCOc2ccccc2)CC1. The van der Waals surface area contributed by atoms with Gasteiger partial charge in [0.2, 0.25) is 0 Å². The summed E-state index contributed by atoms with van der Waals surface area (Å²) in [7, 11) is 0. The molecule has 0 unspecified atom stereocenters. The molecular formula is C25H31N3O2+2. The maximum atomic E-state index is 12.9. The molecule has 3 N–H and O–H groups in total. The molecule has 5 nitrogen and oxygen atoms in total. The van der Waals surface area contributed by atoms with Crippen LogP contribution in [0.15, 0.2) is 72.8 Å². The Kier molecular flexibility index (Phi) is 6.62. The molecule has 0 aliphatic carbocycles. The maximum Gasteiger partial charge on any atom is 0.282 e. The second-order valence-corrected chi connectivity index (χ2v) is 8.06. The number of rotatable bonds is 7. The molecule has 0 radical (unpaired) electrons. The van der Waals surface area contributed by atoms with E-state index in [0.29, 0.717) is 0 Å². The van der Waals surface area contributed by atoms with Crippen LogP contribution in [-0.4, -0.2) is 51.3 Å². The van der Waals surface area contributed by atoms with E-state index in [1.807, 2.05) is 61.5 Å². The van der Waals surface area contributed by atoms with Crippen LogP contribution in [0.1, 0.15) is 6.92 Å². The van der Waals surface area contributed by atoms with Gasteiger partial charge in [-0.05, 0) is 30.5 Å². The minimum atomic E-state index is -0.0638. The Morgan fingerprint density at radius 1 is 0.933 bits per heavy atom. The van der Waals surface area contributed by atoms with Crippen LogP contribution in [0.4, 0.5) is 5.69 Å². The molecule has 4 rings (SSSR count). The highest BCUT2D eigenvalue weighted by molar-refractivity contribution is 6.03. The lowest BCUT2D eigenvalue weighted by Gasteiger charge is -2.32. The molecule has 1 aliphatic heterocycles. The van der Waals surface area contributed by atoms with E-state index in [4.69, 9.17) is 4.74 Å². The minimum absolute atomic E-state index is 0.0638. The number of anilines is 1. The van der Waals surface area contributed by atoms with Crippen molar-refractivity contribution in [1.82, 2.24) is 0 Å². The summed E-state index contributed by atoms with van der Waals surface area (Å²) in [6, 6.07) is 24.1. The van der Waals surface area contributed by atoms with Gasteiger partial charge in [-0.1, -0.05) is 54.6 Å². The number of amides is 1. The van der Waals surface area contributed by atoms with Gasteiger partial charge in [0, 0.05) is 11.1 Å². The first kappa shape index (κ1) is 20.4. The van der Waals surface area contributed by atoms with Crippen LogP contribution in [0.3, 0.4) is 0 Å². The van der Waals surface area contributed by atoms with E-state index < -0.39 is 0 Å². The van der Waals surface area contributed by atoms with Crippen LogP contribution >= 0.6 is 0 Å². The first-order chi connectivity index (χ1) is 14.7. The van der Waals surface area contributed by atoms with Crippen molar-refractivity contribution in [2.45, 2.75) is 13.0 Å². The molecular weight excluding hydrogens is 374 g/mol. The van der Waals surface area contributed by atoms with Crippen LogP contribution < -0.4 is 19.9 Å². The molecule has 1 fully saturated rings. The normalized spacial score (nSPS) is 19.9. The molecule has 1 aliphatic rings. The number of carbonyl (C=O) groups excluding carboxylic acids is 1. The predicted molar refractivity (Wildman–Crippen MR) is 120 cm³/mol. The van der Waals surface area contributed by atoms with Crippen LogP contribution in [-0.2, 0) is 4.79 Å². The first-order valence-electron chi connectivity index (χ1n) is 10.9. The van der Waals surface area contributed by atoms with E-state index in [9.17, 15) is 4.79 Å². The van der Waals surface area contributed by atoms with E-state index in [1.165, 1.54) is 4.90 Å². The molecule has 0 saturated carbocycles. The zero-order valence-electron chi connectivity index (χ0n) is 17.6. The molecule has 1 amide bonds. The summed E-state index contributed by atoms with van der Waals surface area (Å²) in [5, 5.41) is 5.39. The summed E-state index contributed by atoms with van der Waals surface area (Å²) < 4.78 is 5.83. The fourth-order valence-electron chi connectivity index (χ4n) is 4.20. The molecule has 1 atom stereocenters. The van der Waals surface area contributed by atoms with Crippen molar-refractivity contribution in [3.63, 3.8) is 0 Å². The smallest absolute Gasteiger partial charge is 0.282 e. The average Bonchev–Trinajstić information content (AvgIpc) is 2.80. The Labute approximate surface area is 178 Å². The maximum absolute atomic E-state index is 12.9. The van der Waals surface area contributed by atoms with Gasteiger partial charge < -0.3 is 19.9 Å². The zero-order valence-corrected chi connectivity index (χ0v) is 17.6. The molecule has 5 heteroatoms. The van der Waals surface area contributed by atoms with E-state index >= 15 is 0 Å². The van der Waals surface area contributed by atoms with E-state index in [2.05, 4.69) is 23.5 Å². The second kappa shape index (κ2) is 9.74. The lowest BCUT2D eigenvalue weighted by atomic mass is 10.1. The second-order valence-electron chi connectivity index (χ2n) is 8.06. The molecule has 30 heavy (non-hydrogen) atoms. The van der Waals surface area contributed by atoms with Crippen molar-refractivity contribution in [2.75, 3.05) is 44.6 Å². The molecule has 1 saturated heterocycles. The van der Waals surface area contributed by atoms with Gasteiger partial charge in [-0.15, -0.1) is 0 Å². The highest BCUT2D eigenvalue weighted by Crippen LogP contribution is 2.22. The van der Waals surface area contributed by atoms with Crippen molar-refractivity contribution in [3.05, 3.63) is 72.8 Å². The Bertz CT molecular complexity index is 963. The average molecular weight is 406 g/mol. The summed E-state index contributed by atoms with van der Waals surface area (Å²) in [6.07, 6.45) is 0. The molecule has 156 valence electrons. The number of ether oxygens (including phenoxy) is 1. The fourth-order valence-corrected chi connectivity index (χ4v) is 4.20. The monoisotopic (exact) mass is 405 g/mol. The molecule has 0 aromatic heterocycles. The van der Waals surface area contributed by atoms with Gasteiger partial charge in [-0.25, -0.2) is 0 Å². The van der Waals surface area contributed by atoms with Crippen molar-refractivity contribution >= 4 is 22.4 Å². The summed E-state index contributed by atoms with van der Waals surface area (Å²) >= 11 is 0. The highest BCUT2D eigenvalue weighted by Gasteiger charge is 2.31.